The van der Waals surface area contributed by atoms with Crippen molar-refractivity contribution in [1.29, 1.82) is 0 Å². The van der Waals surface area contributed by atoms with Crippen molar-refractivity contribution >= 4 is 5.97 Å². The van der Waals surface area contributed by atoms with Gasteiger partial charge >= 0.3 is 5.97 Å². The fraction of sp³-hybridized carbons (Fsp3) is 0.769. The summed E-state index contributed by atoms with van der Waals surface area (Å²) in [6, 6.07) is 0.559. The van der Waals surface area contributed by atoms with Crippen molar-refractivity contribution in [2.45, 2.75) is 38.6 Å². The maximum Gasteiger partial charge on any atom is 0.333 e. The van der Waals surface area contributed by atoms with Gasteiger partial charge in [-0.1, -0.05) is 6.08 Å². The number of esters is 1. The maximum atomic E-state index is 11.2. The van der Waals surface area contributed by atoms with Crippen LogP contribution in [0.4, 0.5) is 0 Å². The highest BCUT2D eigenvalue weighted by Gasteiger charge is 2.22. The molecule has 0 radical (unpaired) electrons. The van der Waals surface area contributed by atoms with Crippen LogP contribution in [0.25, 0.3) is 0 Å². The zero-order chi connectivity index (χ0) is 12.7. The van der Waals surface area contributed by atoms with Crippen molar-refractivity contribution in [2.24, 2.45) is 0 Å². The van der Waals surface area contributed by atoms with Gasteiger partial charge in [0, 0.05) is 24.8 Å². The molecule has 0 aliphatic carbocycles. The molecule has 1 atom stereocenters. The monoisotopic (exact) mass is 241 g/mol. The molecule has 1 aliphatic heterocycles. The molecule has 0 aromatic heterocycles. The molecule has 1 heterocycles. The average molecular weight is 241 g/mol. The average Bonchev–Trinajstić information content (AvgIpc) is 2.79. The maximum absolute atomic E-state index is 11.2. The van der Waals surface area contributed by atoms with E-state index in [4.69, 9.17) is 5.11 Å². The summed E-state index contributed by atoms with van der Waals surface area (Å²) >= 11 is 0. The van der Waals surface area contributed by atoms with Gasteiger partial charge in [-0.25, -0.2) is 4.79 Å². The van der Waals surface area contributed by atoms with E-state index in [1.165, 1.54) is 20.0 Å². The quantitative estimate of drug-likeness (QED) is 0.563. The Balaban J connectivity index is 2.41. The molecule has 1 N–H and O–H groups in total. The lowest BCUT2D eigenvalue weighted by Gasteiger charge is -2.22. The molecule has 0 aromatic rings. The lowest BCUT2D eigenvalue weighted by atomic mass is 10.1. The summed E-state index contributed by atoms with van der Waals surface area (Å²) in [5, 5.41) is 8.84. The van der Waals surface area contributed by atoms with Crippen LogP contribution in [0.5, 0.6) is 0 Å². The number of likely N-dealkylation sites (tertiary alicyclic amines) is 1. The minimum Gasteiger partial charge on any atom is -0.466 e. The largest absolute Gasteiger partial charge is 0.466 e. The van der Waals surface area contributed by atoms with Crippen molar-refractivity contribution in [3.63, 3.8) is 0 Å². The smallest absolute Gasteiger partial charge is 0.333 e. The number of carbonyl (C=O) groups is 1. The number of hydrogen-bond acceptors (Lipinski definition) is 4. The fourth-order valence-corrected chi connectivity index (χ4v) is 2.29. The normalized spacial score (nSPS) is 21.8. The third-order valence-corrected chi connectivity index (χ3v) is 3.33. The molecule has 0 bridgehead atoms. The Labute approximate surface area is 103 Å². The Morgan fingerprint density at radius 3 is 3.00 bits per heavy atom. The van der Waals surface area contributed by atoms with Crippen molar-refractivity contribution in [1.82, 2.24) is 4.90 Å². The number of methoxy groups -OCH3 is 1. The first-order chi connectivity index (χ1) is 8.19. The lowest BCUT2D eigenvalue weighted by molar-refractivity contribution is -0.136. The zero-order valence-corrected chi connectivity index (χ0v) is 10.8. The number of rotatable bonds is 6. The molecular weight excluding hydrogens is 218 g/mol. The molecule has 98 valence electrons. The molecule has 1 saturated heterocycles. The topological polar surface area (TPSA) is 49.8 Å². The van der Waals surface area contributed by atoms with Crippen LogP contribution in [0.3, 0.4) is 0 Å². The Morgan fingerprint density at radius 2 is 2.35 bits per heavy atom. The number of carbonyl (C=O) groups excluding carboxylic acids is 1. The molecule has 4 nitrogen and oxygen atoms in total. The van der Waals surface area contributed by atoms with E-state index in [-0.39, 0.29) is 12.6 Å². The summed E-state index contributed by atoms with van der Waals surface area (Å²) in [6.07, 6.45) is 6.25. The third kappa shape index (κ3) is 4.48. The first-order valence-corrected chi connectivity index (χ1v) is 6.29. The molecule has 1 fully saturated rings. The number of aliphatic hydroxyl groups is 1. The highest BCUT2D eigenvalue weighted by atomic mass is 16.5. The van der Waals surface area contributed by atoms with E-state index in [1.54, 1.807) is 6.92 Å². The predicted molar refractivity (Wildman–Crippen MR) is 66.7 cm³/mol. The number of nitrogens with zero attached hydrogens (tertiary/aromatic N) is 1. The SMILES string of the molecule is COC(=O)C(C)=CCN1CCCC1CCCO. The second kappa shape index (κ2) is 7.45. The molecular formula is C13H23NO3. The van der Waals surface area contributed by atoms with Gasteiger partial charge in [-0.3, -0.25) is 4.90 Å². The predicted octanol–water partition coefficient (Wildman–Crippen LogP) is 1.34. The van der Waals surface area contributed by atoms with Gasteiger partial charge in [-0.2, -0.15) is 0 Å². The molecule has 1 aliphatic rings. The fourth-order valence-electron chi connectivity index (χ4n) is 2.29. The molecule has 0 saturated carbocycles. The number of aliphatic hydroxyl groups excluding tert-OH is 1. The van der Waals surface area contributed by atoms with Crippen molar-refractivity contribution in [2.75, 3.05) is 26.8 Å². The second-order valence-electron chi connectivity index (χ2n) is 4.54. The van der Waals surface area contributed by atoms with Crippen molar-refractivity contribution in [3.8, 4) is 0 Å². The molecule has 0 spiro atoms. The number of ether oxygens (including phenoxy) is 1. The second-order valence-corrected chi connectivity index (χ2v) is 4.54. The van der Waals surface area contributed by atoms with Gasteiger partial charge in [0.2, 0.25) is 0 Å². The van der Waals surface area contributed by atoms with Crippen LogP contribution in [0.2, 0.25) is 0 Å². The van der Waals surface area contributed by atoms with Crippen LogP contribution in [0.1, 0.15) is 32.6 Å². The van der Waals surface area contributed by atoms with Gasteiger partial charge < -0.3 is 9.84 Å². The summed E-state index contributed by atoms with van der Waals surface area (Å²) in [5.74, 6) is -0.254. The first kappa shape index (κ1) is 14.2. The van der Waals surface area contributed by atoms with E-state index >= 15 is 0 Å². The molecule has 0 amide bonds. The molecule has 1 rings (SSSR count). The Kier molecular flexibility index (Phi) is 6.22. The summed E-state index contributed by atoms with van der Waals surface area (Å²) in [4.78, 5) is 13.6. The highest BCUT2D eigenvalue weighted by molar-refractivity contribution is 5.87. The Morgan fingerprint density at radius 1 is 1.59 bits per heavy atom. The van der Waals surface area contributed by atoms with Gasteiger partial charge in [0.1, 0.15) is 0 Å². The van der Waals surface area contributed by atoms with Crippen molar-refractivity contribution in [3.05, 3.63) is 11.6 Å². The van der Waals surface area contributed by atoms with Gasteiger partial charge in [-0.05, 0) is 39.2 Å². The van der Waals surface area contributed by atoms with E-state index < -0.39 is 0 Å². The van der Waals surface area contributed by atoms with E-state index in [0.29, 0.717) is 11.6 Å². The van der Waals surface area contributed by atoms with E-state index in [1.807, 2.05) is 6.08 Å². The summed E-state index contributed by atoms with van der Waals surface area (Å²) in [7, 11) is 1.40. The third-order valence-electron chi connectivity index (χ3n) is 3.33. The number of hydrogen-bond donors (Lipinski definition) is 1. The summed E-state index contributed by atoms with van der Waals surface area (Å²) in [6.45, 7) is 3.93. The standard InChI is InChI=1S/C13H23NO3/c1-11(13(16)17-2)7-9-14-8-3-5-12(14)6-4-10-15/h7,12,15H,3-6,8-10H2,1-2H3. The molecule has 17 heavy (non-hydrogen) atoms. The van der Waals surface area contributed by atoms with Gasteiger partial charge in [-0.15, -0.1) is 0 Å². The Hall–Kier alpha value is -0.870. The first-order valence-electron chi connectivity index (χ1n) is 6.29. The van der Waals surface area contributed by atoms with Gasteiger partial charge in [0.25, 0.3) is 0 Å². The Bertz CT molecular complexity index is 276. The van der Waals surface area contributed by atoms with E-state index in [2.05, 4.69) is 9.64 Å². The van der Waals surface area contributed by atoms with Crippen LogP contribution in [0, 0.1) is 0 Å². The highest BCUT2D eigenvalue weighted by Crippen LogP contribution is 2.21. The van der Waals surface area contributed by atoms with Crippen LogP contribution >= 0.6 is 0 Å². The lowest BCUT2D eigenvalue weighted by Crippen LogP contribution is -2.30. The minimum absolute atomic E-state index is 0.254. The van der Waals surface area contributed by atoms with Crippen molar-refractivity contribution < 1.29 is 14.6 Å². The summed E-state index contributed by atoms with van der Waals surface area (Å²) < 4.78 is 4.66. The minimum atomic E-state index is -0.254. The zero-order valence-electron chi connectivity index (χ0n) is 10.8. The molecule has 0 aromatic carbocycles. The van der Waals surface area contributed by atoms with Crippen LogP contribution in [-0.2, 0) is 9.53 Å². The van der Waals surface area contributed by atoms with Crippen LogP contribution in [0.15, 0.2) is 11.6 Å². The summed E-state index contributed by atoms with van der Waals surface area (Å²) in [5.41, 5.74) is 0.667. The van der Waals surface area contributed by atoms with Gasteiger partial charge in [0.15, 0.2) is 0 Å². The molecule has 4 heteroatoms. The molecule has 1 unspecified atom stereocenters. The van der Waals surface area contributed by atoms with Crippen LogP contribution < -0.4 is 0 Å². The van der Waals surface area contributed by atoms with Gasteiger partial charge in [0.05, 0.1) is 7.11 Å². The van der Waals surface area contributed by atoms with E-state index in [0.717, 1.165) is 25.9 Å². The van der Waals surface area contributed by atoms with Crippen LogP contribution in [-0.4, -0.2) is 48.8 Å². The van der Waals surface area contributed by atoms with E-state index in [9.17, 15) is 4.79 Å².